The lowest BCUT2D eigenvalue weighted by Gasteiger charge is -2.16. The number of rotatable bonds is 6. The molecule has 2 aromatic rings. The fourth-order valence-corrected chi connectivity index (χ4v) is 2.19. The van der Waals surface area contributed by atoms with Crippen LogP contribution >= 0.6 is 11.6 Å². The minimum atomic E-state index is -0.731. The number of amides is 1. The Hall–Kier alpha value is -1.92. The monoisotopic (exact) mass is 325 g/mol. The van der Waals surface area contributed by atoms with Gasteiger partial charge >= 0.3 is 0 Å². The summed E-state index contributed by atoms with van der Waals surface area (Å²) < 4.78 is 13.5. The Labute approximate surface area is 132 Å². The molecule has 1 aromatic carbocycles. The van der Waals surface area contributed by atoms with Gasteiger partial charge in [-0.05, 0) is 30.2 Å². The van der Waals surface area contributed by atoms with Gasteiger partial charge in [-0.2, -0.15) is 5.10 Å². The molecule has 1 heterocycles. The average molecular weight is 326 g/mol. The Morgan fingerprint density at radius 2 is 2.27 bits per heavy atom. The summed E-state index contributed by atoms with van der Waals surface area (Å²) in [6.45, 7) is 1.66. The Morgan fingerprint density at radius 3 is 2.91 bits per heavy atom. The van der Waals surface area contributed by atoms with Crippen LogP contribution in [0.25, 0.3) is 0 Å². The lowest BCUT2D eigenvalue weighted by molar-refractivity contribution is 0.0911. The molecule has 1 unspecified atom stereocenters. The van der Waals surface area contributed by atoms with Gasteiger partial charge < -0.3 is 10.4 Å². The minimum Gasteiger partial charge on any atom is -0.394 e. The summed E-state index contributed by atoms with van der Waals surface area (Å²) in [5.74, 6) is -1.04. The van der Waals surface area contributed by atoms with Crippen molar-refractivity contribution in [3.05, 3.63) is 52.1 Å². The maximum atomic E-state index is 13.5. The van der Waals surface area contributed by atoms with E-state index in [-0.39, 0.29) is 17.3 Å². The van der Waals surface area contributed by atoms with Crippen LogP contribution in [0.4, 0.5) is 4.39 Å². The van der Waals surface area contributed by atoms with Crippen molar-refractivity contribution in [1.82, 2.24) is 15.5 Å². The van der Waals surface area contributed by atoms with Crippen LogP contribution in [0.5, 0.6) is 0 Å². The number of aliphatic hydroxyl groups is 1. The van der Waals surface area contributed by atoms with Gasteiger partial charge in [0, 0.05) is 5.69 Å². The summed E-state index contributed by atoms with van der Waals surface area (Å²) in [6.07, 6.45) is 1.73. The quantitative estimate of drug-likeness (QED) is 0.764. The number of hydrogen-bond acceptors (Lipinski definition) is 3. The van der Waals surface area contributed by atoms with Crippen molar-refractivity contribution in [2.75, 3.05) is 6.61 Å². The second kappa shape index (κ2) is 7.38. The first-order chi connectivity index (χ1) is 10.5. The normalized spacial score (nSPS) is 12.2. The highest BCUT2D eigenvalue weighted by Gasteiger charge is 2.18. The van der Waals surface area contributed by atoms with Crippen LogP contribution in [0.2, 0.25) is 5.02 Å². The van der Waals surface area contributed by atoms with Crippen LogP contribution in [-0.2, 0) is 6.42 Å². The molecule has 1 amide bonds. The molecule has 1 aromatic heterocycles. The first kappa shape index (κ1) is 16.5. The number of nitrogens with zero attached hydrogens (tertiary/aromatic N) is 1. The van der Waals surface area contributed by atoms with Crippen molar-refractivity contribution in [3.8, 4) is 0 Å². The van der Waals surface area contributed by atoms with E-state index in [1.165, 1.54) is 12.1 Å². The summed E-state index contributed by atoms with van der Waals surface area (Å²) in [5.41, 5.74) is 1.53. The predicted octanol–water partition coefficient (Wildman–Crippen LogP) is 2.62. The predicted molar refractivity (Wildman–Crippen MR) is 81.3 cm³/mol. The van der Waals surface area contributed by atoms with Gasteiger partial charge in [0.15, 0.2) is 0 Å². The highest BCUT2D eigenvalue weighted by atomic mass is 35.5. The Kier molecular flexibility index (Phi) is 5.51. The molecular formula is C15H17ClFN3O2. The first-order valence-corrected chi connectivity index (χ1v) is 7.34. The van der Waals surface area contributed by atoms with Crippen molar-refractivity contribution in [2.45, 2.75) is 25.8 Å². The van der Waals surface area contributed by atoms with E-state index < -0.39 is 17.8 Å². The molecule has 3 N–H and O–H groups in total. The fourth-order valence-electron chi connectivity index (χ4n) is 2.07. The van der Waals surface area contributed by atoms with E-state index in [0.717, 1.165) is 18.5 Å². The van der Waals surface area contributed by atoms with E-state index in [4.69, 9.17) is 11.6 Å². The van der Waals surface area contributed by atoms with Crippen LogP contribution in [0, 0.1) is 5.82 Å². The van der Waals surface area contributed by atoms with Crippen molar-refractivity contribution < 1.29 is 14.3 Å². The number of aryl methyl sites for hydroxylation is 1. The fraction of sp³-hybridized carbons (Fsp3) is 0.333. The maximum absolute atomic E-state index is 13.5. The van der Waals surface area contributed by atoms with Gasteiger partial charge in [-0.25, -0.2) is 4.39 Å². The molecule has 2 rings (SSSR count). The summed E-state index contributed by atoms with van der Waals surface area (Å²) in [7, 11) is 0. The molecule has 0 aliphatic heterocycles. The van der Waals surface area contributed by atoms with Crippen molar-refractivity contribution in [2.24, 2.45) is 0 Å². The molecule has 0 spiro atoms. The second-order valence-corrected chi connectivity index (χ2v) is 5.32. The zero-order valence-corrected chi connectivity index (χ0v) is 12.8. The lowest BCUT2D eigenvalue weighted by atomic mass is 10.1. The lowest BCUT2D eigenvalue weighted by Crippen LogP contribution is -2.31. The molecule has 0 bridgehead atoms. The van der Waals surface area contributed by atoms with Crippen LogP contribution in [-0.4, -0.2) is 27.8 Å². The molecule has 0 saturated carbocycles. The molecule has 118 valence electrons. The largest absolute Gasteiger partial charge is 0.394 e. The molecule has 0 aliphatic carbocycles. The number of aliphatic hydroxyl groups excluding tert-OH is 1. The third kappa shape index (κ3) is 3.84. The van der Waals surface area contributed by atoms with Crippen LogP contribution in [0.15, 0.2) is 24.3 Å². The van der Waals surface area contributed by atoms with Gasteiger partial charge in [-0.15, -0.1) is 0 Å². The maximum Gasteiger partial charge on any atom is 0.272 e. The van der Waals surface area contributed by atoms with Crippen LogP contribution in [0.3, 0.4) is 0 Å². The van der Waals surface area contributed by atoms with Gasteiger partial charge in [-0.3, -0.25) is 9.89 Å². The highest BCUT2D eigenvalue weighted by Crippen LogP contribution is 2.20. The zero-order valence-electron chi connectivity index (χ0n) is 12.1. The SMILES string of the molecule is CCCc1cc(C(=O)NC(CO)c2ccc(Cl)c(F)c2)n[nH]1. The molecule has 0 fully saturated rings. The van der Waals surface area contributed by atoms with Gasteiger partial charge in [-0.1, -0.05) is 31.0 Å². The van der Waals surface area contributed by atoms with E-state index in [9.17, 15) is 14.3 Å². The molecular weight excluding hydrogens is 309 g/mol. The van der Waals surface area contributed by atoms with E-state index in [2.05, 4.69) is 15.5 Å². The smallest absolute Gasteiger partial charge is 0.272 e. The Morgan fingerprint density at radius 1 is 1.50 bits per heavy atom. The van der Waals surface area contributed by atoms with Crippen LogP contribution < -0.4 is 5.32 Å². The third-order valence-corrected chi connectivity index (χ3v) is 3.52. The van der Waals surface area contributed by atoms with Gasteiger partial charge in [0.1, 0.15) is 11.5 Å². The van der Waals surface area contributed by atoms with Gasteiger partial charge in [0.25, 0.3) is 5.91 Å². The molecule has 22 heavy (non-hydrogen) atoms. The van der Waals surface area contributed by atoms with Gasteiger partial charge in [0.2, 0.25) is 0 Å². The number of halogens is 2. The molecule has 1 atom stereocenters. The summed E-state index contributed by atoms with van der Waals surface area (Å²) in [4.78, 5) is 12.1. The number of aromatic amines is 1. The van der Waals surface area contributed by atoms with Crippen molar-refractivity contribution >= 4 is 17.5 Å². The first-order valence-electron chi connectivity index (χ1n) is 6.96. The molecule has 0 aliphatic rings. The van der Waals surface area contributed by atoms with E-state index in [1.54, 1.807) is 12.1 Å². The minimum absolute atomic E-state index is 0.0109. The molecule has 0 saturated heterocycles. The number of H-pyrrole nitrogens is 1. The Balaban J connectivity index is 2.11. The van der Waals surface area contributed by atoms with E-state index >= 15 is 0 Å². The molecule has 0 radical (unpaired) electrons. The second-order valence-electron chi connectivity index (χ2n) is 4.91. The molecule has 7 heteroatoms. The average Bonchev–Trinajstić information content (AvgIpc) is 2.96. The zero-order chi connectivity index (χ0) is 16.1. The number of carbonyl (C=O) groups excluding carboxylic acids is 1. The van der Waals surface area contributed by atoms with E-state index in [1.807, 2.05) is 6.92 Å². The number of aromatic nitrogens is 2. The standard InChI is InChI=1S/C15H17ClFN3O2/c1-2-3-10-7-13(20-19-10)15(22)18-14(8-21)9-4-5-11(16)12(17)6-9/h4-7,14,21H,2-3,8H2,1H3,(H,18,22)(H,19,20). The highest BCUT2D eigenvalue weighted by molar-refractivity contribution is 6.30. The number of hydrogen-bond donors (Lipinski definition) is 3. The Bertz CT molecular complexity index is 660. The summed E-state index contributed by atoms with van der Waals surface area (Å²) in [6, 6.07) is 5.06. The van der Waals surface area contributed by atoms with Crippen molar-refractivity contribution in [1.29, 1.82) is 0 Å². The summed E-state index contributed by atoms with van der Waals surface area (Å²) in [5, 5.41) is 18.8. The topological polar surface area (TPSA) is 78.0 Å². The summed E-state index contributed by atoms with van der Waals surface area (Å²) >= 11 is 5.62. The van der Waals surface area contributed by atoms with Crippen molar-refractivity contribution in [3.63, 3.8) is 0 Å². The number of benzene rings is 1. The van der Waals surface area contributed by atoms with E-state index in [0.29, 0.717) is 5.56 Å². The molecule has 5 nitrogen and oxygen atoms in total. The number of nitrogens with one attached hydrogen (secondary N) is 2. The van der Waals surface area contributed by atoms with Crippen LogP contribution in [0.1, 0.15) is 41.1 Å². The number of carbonyl (C=O) groups is 1. The third-order valence-electron chi connectivity index (χ3n) is 3.22. The van der Waals surface area contributed by atoms with Gasteiger partial charge in [0.05, 0.1) is 17.7 Å².